The van der Waals surface area contributed by atoms with E-state index in [1.165, 1.54) is 19.0 Å². The summed E-state index contributed by atoms with van der Waals surface area (Å²) >= 11 is 11.7. The molecule has 0 aliphatic carbocycles. The number of hydrogen-bond acceptors (Lipinski definition) is 2. The maximum Gasteiger partial charge on any atom is 0.255 e. The zero-order valence-electron chi connectivity index (χ0n) is 11.0. The van der Waals surface area contributed by atoms with E-state index in [-0.39, 0.29) is 11.1 Å². The van der Waals surface area contributed by atoms with Gasteiger partial charge in [0.15, 0.2) is 0 Å². The number of aromatic nitrogens is 1. The van der Waals surface area contributed by atoms with Crippen molar-refractivity contribution in [3.8, 4) is 0 Å². The monoisotopic (exact) mass is 300 g/mol. The summed E-state index contributed by atoms with van der Waals surface area (Å²) in [5.74, 6) is 0.766. The first-order valence-corrected chi connectivity index (χ1v) is 7.47. The Morgan fingerprint density at radius 1 is 1.42 bits per heavy atom. The average Bonchev–Trinajstić information content (AvgIpc) is 2.42. The van der Waals surface area contributed by atoms with E-state index in [0.29, 0.717) is 10.6 Å². The summed E-state index contributed by atoms with van der Waals surface area (Å²) in [4.78, 5) is 18.1. The van der Waals surface area contributed by atoms with Gasteiger partial charge >= 0.3 is 0 Å². The van der Waals surface area contributed by atoms with Gasteiger partial charge in [0, 0.05) is 19.3 Å². The molecule has 1 aliphatic rings. The van der Waals surface area contributed by atoms with E-state index in [0.717, 1.165) is 31.8 Å². The molecule has 2 rings (SSSR count). The fourth-order valence-electron chi connectivity index (χ4n) is 2.55. The lowest BCUT2D eigenvalue weighted by Crippen LogP contribution is -2.38. The van der Waals surface area contributed by atoms with E-state index in [4.69, 9.17) is 23.2 Å². The van der Waals surface area contributed by atoms with Crippen molar-refractivity contribution >= 4 is 29.1 Å². The summed E-state index contributed by atoms with van der Waals surface area (Å²) in [6.07, 6.45) is 6.16. The van der Waals surface area contributed by atoms with Crippen molar-refractivity contribution < 1.29 is 4.79 Å². The topological polar surface area (TPSA) is 33.2 Å². The molecule has 0 radical (unpaired) electrons. The lowest BCUT2D eigenvalue weighted by Gasteiger charge is -2.32. The number of carbonyl (C=O) groups is 1. The van der Waals surface area contributed by atoms with Gasteiger partial charge in [0.1, 0.15) is 5.15 Å². The highest BCUT2D eigenvalue weighted by atomic mass is 35.5. The number of halogens is 2. The third-order valence-corrected chi connectivity index (χ3v) is 4.33. The molecule has 1 amide bonds. The summed E-state index contributed by atoms with van der Waals surface area (Å²) in [6.45, 7) is 3.85. The van der Waals surface area contributed by atoms with Crippen molar-refractivity contribution in [1.29, 1.82) is 0 Å². The lowest BCUT2D eigenvalue weighted by atomic mass is 9.92. The van der Waals surface area contributed by atoms with E-state index < -0.39 is 0 Å². The number of hydrogen-bond donors (Lipinski definition) is 0. The minimum Gasteiger partial charge on any atom is -0.339 e. The molecule has 0 N–H and O–H groups in total. The third kappa shape index (κ3) is 3.61. The van der Waals surface area contributed by atoms with Crippen LogP contribution in [0.2, 0.25) is 10.2 Å². The number of carbonyl (C=O) groups excluding carboxylic acids is 1. The van der Waals surface area contributed by atoms with Gasteiger partial charge in [-0.15, -0.1) is 0 Å². The number of likely N-dealkylation sites (tertiary alicyclic amines) is 1. The molecule has 19 heavy (non-hydrogen) atoms. The summed E-state index contributed by atoms with van der Waals surface area (Å²) in [6, 6.07) is 1.59. The van der Waals surface area contributed by atoms with Gasteiger partial charge in [-0.05, 0) is 24.8 Å². The van der Waals surface area contributed by atoms with Crippen molar-refractivity contribution in [3.63, 3.8) is 0 Å². The second-order valence-electron chi connectivity index (χ2n) is 5.02. The molecular weight excluding hydrogens is 283 g/mol. The number of pyridine rings is 1. The minimum absolute atomic E-state index is 0.000940. The van der Waals surface area contributed by atoms with Crippen molar-refractivity contribution in [2.24, 2.45) is 5.92 Å². The van der Waals surface area contributed by atoms with Gasteiger partial charge in [0.25, 0.3) is 5.91 Å². The van der Waals surface area contributed by atoms with Gasteiger partial charge < -0.3 is 4.90 Å². The Balaban J connectivity index is 1.99. The van der Waals surface area contributed by atoms with Crippen LogP contribution in [0.4, 0.5) is 0 Å². The third-order valence-electron chi connectivity index (χ3n) is 3.64. The highest BCUT2D eigenvalue weighted by molar-refractivity contribution is 6.41. The quantitative estimate of drug-likeness (QED) is 0.789. The molecule has 5 heteroatoms. The smallest absolute Gasteiger partial charge is 0.255 e. The average molecular weight is 301 g/mol. The minimum atomic E-state index is 0.000940. The first-order chi connectivity index (χ1) is 9.11. The van der Waals surface area contributed by atoms with Crippen LogP contribution in [0, 0.1) is 5.92 Å². The largest absolute Gasteiger partial charge is 0.339 e. The van der Waals surface area contributed by atoms with Gasteiger partial charge in [-0.25, -0.2) is 4.98 Å². The van der Waals surface area contributed by atoms with Gasteiger partial charge in [-0.3, -0.25) is 4.79 Å². The zero-order chi connectivity index (χ0) is 13.8. The summed E-state index contributed by atoms with van der Waals surface area (Å²) in [5.41, 5.74) is 0.517. The van der Waals surface area contributed by atoms with Crippen molar-refractivity contribution in [3.05, 3.63) is 28.0 Å². The molecule has 1 aliphatic heterocycles. The molecule has 0 spiro atoms. The molecule has 1 saturated heterocycles. The van der Waals surface area contributed by atoms with E-state index in [1.807, 2.05) is 4.90 Å². The molecule has 0 saturated carbocycles. The highest BCUT2D eigenvalue weighted by Gasteiger charge is 2.23. The van der Waals surface area contributed by atoms with Crippen LogP contribution in [0.1, 0.15) is 43.0 Å². The van der Waals surface area contributed by atoms with Gasteiger partial charge in [-0.1, -0.05) is 43.0 Å². The van der Waals surface area contributed by atoms with Gasteiger partial charge in [0.2, 0.25) is 0 Å². The number of rotatable bonds is 3. The van der Waals surface area contributed by atoms with E-state index in [9.17, 15) is 4.79 Å². The Hall–Kier alpha value is -0.800. The van der Waals surface area contributed by atoms with Gasteiger partial charge in [0.05, 0.1) is 10.6 Å². The Labute approximate surface area is 123 Å². The fourth-order valence-corrected chi connectivity index (χ4v) is 2.82. The van der Waals surface area contributed by atoms with Crippen LogP contribution in [0.25, 0.3) is 0 Å². The SMILES string of the molecule is CCCC1CCN(C(=O)c2cnc(Cl)c(Cl)c2)CC1. The predicted octanol–water partition coefficient (Wildman–Crippen LogP) is 4.04. The van der Waals surface area contributed by atoms with Crippen LogP contribution in [0.3, 0.4) is 0 Å². The predicted molar refractivity (Wildman–Crippen MR) is 77.8 cm³/mol. The van der Waals surface area contributed by atoms with Crippen LogP contribution in [0.5, 0.6) is 0 Å². The first kappa shape index (κ1) is 14.6. The molecule has 0 atom stereocenters. The second-order valence-corrected chi connectivity index (χ2v) is 5.79. The van der Waals surface area contributed by atoms with Gasteiger partial charge in [-0.2, -0.15) is 0 Å². The molecule has 104 valence electrons. The maximum absolute atomic E-state index is 12.3. The Morgan fingerprint density at radius 3 is 2.68 bits per heavy atom. The van der Waals surface area contributed by atoms with Crippen LogP contribution in [-0.2, 0) is 0 Å². The zero-order valence-corrected chi connectivity index (χ0v) is 12.5. The number of amides is 1. The molecule has 2 heterocycles. The molecule has 3 nitrogen and oxygen atoms in total. The fraction of sp³-hybridized carbons (Fsp3) is 0.571. The van der Waals surface area contributed by atoms with Crippen molar-refractivity contribution in [2.75, 3.05) is 13.1 Å². The standard InChI is InChI=1S/C14H18Cl2N2O/c1-2-3-10-4-6-18(7-5-10)14(19)11-8-12(15)13(16)17-9-11/h8-10H,2-7H2,1H3. The summed E-state index contributed by atoms with van der Waals surface area (Å²) < 4.78 is 0. The molecule has 1 aromatic rings. The van der Waals surface area contributed by atoms with E-state index in [1.54, 1.807) is 6.07 Å². The molecule has 0 unspecified atom stereocenters. The second kappa shape index (κ2) is 6.58. The molecule has 1 fully saturated rings. The molecule has 1 aromatic heterocycles. The van der Waals surface area contributed by atoms with Crippen LogP contribution in [0.15, 0.2) is 12.3 Å². The number of nitrogens with zero attached hydrogens (tertiary/aromatic N) is 2. The number of piperidine rings is 1. The Kier molecular flexibility index (Phi) is 5.06. The van der Waals surface area contributed by atoms with Crippen LogP contribution < -0.4 is 0 Å². The van der Waals surface area contributed by atoms with E-state index in [2.05, 4.69) is 11.9 Å². The Morgan fingerprint density at radius 2 is 2.11 bits per heavy atom. The van der Waals surface area contributed by atoms with Crippen molar-refractivity contribution in [2.45, 2.75) is 32.6 Å². The van der Waals surface area contributed by atoms with Crippen molar-refractivity contribution in [1.82, 2.24) is 9.88 Å². The van der Waals surface area contributed by atoms with Crippen LogP contribution >= 0.6 is 23.2 Å². The normalized spacial score (nSPS) is 16.7. The summed E-state index contributed by atoms with van der Waals surface area (Å²) in [7, 11) is 0. The highest BCUT2D eigenvalue weighted by Crippen LogP contribution is 2.24. The molecular formula is C14H18Cl2N2O. The van der Waals surface area contributed by atoms with E-state index >= 15 is 0 Å². The summed E-state index contributed by atoms with van der Waals surface area (Å²) in [5, 5.41) is 0.563. The Bertz CT molecular complexity index is 457. The molecule has 0 bridgehead atoms. The molecule has 0 aromatic carbocycles. The lowest BCUT2D eigenvalue weighted by molar-refractivity contribution is 0.0686. The van der Waals surface area contributed by atoms with Crippen LogP contribution in [-0.4, -0.2) is 28.9 Å². The maximum atomic E-state index is 12.3. The first-order valence-electron chi connectivity index (χ1n) is 6.72.